The van der Waals surface area contributed by atoms with E-state index in [0.29, 0.717) is 6.54 Å². The zero-order valence-electron chi connectivity index (χ0n) is 11.1. The first-order valence-corrected chi connectivity index (χ1v) is 6.84. The summed E-state index contributed by atoms with van der Waals surface area (Å²) in [5.41, 5.74) is 0.101. The molecule has 1 fully saturated rings. The number of hydrogen-bond donors (Lipinski definition) is 3. The maximum Gasteiger partial charge on any atom is 0.255 e. The van der Waals surface area contributed by atoms with Gasteiger partial charge in [0.1, 0.15) is 5.75 Å². The summed E-state index contributed by atoms with van der Waals surface area (Å²) in [6.45, 7) is 0.574. The van der Waals surface area contributed by atoms with Crippen molar-refractivity contribution in [2.45, 2.75) is 32.1 Å². The smallest absolute Gasteiger partial charge is 0.255 e. The molecular weight excluding hydrogens is 242 g/mol. The molecule has 104 valence electrons. The van der Waals surface area contributed by atoms with E-state index in [9.17, 15) is 15.0 Å². The van der Waals surface area contributed by atoms with Crippen molar-refractivity contribution in [2.24, 2.45) is 5.41 Å². The number of phenols is 1. The van der Waals surface area contributed by atoms with Crippen LogP contribution in [0.25, 0.3) is 0 Å². The van der Waals surface area contributed by atoms with Gasteiger partial charge in [-0.15, -0.1) is 0 Å². The lowest BCUT2D eigenvalue weighted by Crippen LogP contribution is -2.41. The first kappa shape index (κ1) is 13.9. The van der Waals surface area contributed by atoms with Crippen LogP contribution >= 0.6 is 0 Å². The maximum atomic E-state index is 12.0. The van der Waals surface area contributed by atoms with E-state index in [4.69, 9.17) is 0 Å². The average molecular weight is 263 g/mol. The first-order chi connectivity index (χ1) is 9.17. The van der Waals surface area contributed by atoms with E-state index >= 15 is 0 Å². The number of amides is 1. The molecule has 1 aromatic rings. The third-order valence-electron chi connectivity index (χ3n) is 4.02. The lowest BCUT2D eigenvalue weighted by atomic mass is 9.74. The largest absolute Gasteiger partial charge is 0.507 e. The Balaban J connectivity index is 1.98. The Morgan fingerprint density at radius 2 is 1.89 bits per heavy atom. The summed E-state index contributed by atoms with van der Waals surface area (Å²) >= 11 is 0. The molecule has 0 aliphatic heterocycles. The van der Waals surface area contributed by atoms with Gasteiger partial charge in [0.2, 0.25) is 0 Å². The zero-order valence-corrected chi connectivity index (χ0v) is 11.1. The number of aliphatic hydroxyl groups excluding tert-OH is 1. The van der Waals surface area contributed by atoms with Crippen molar-refractivity contribution in [1.82, 2.24) is 5.32 Å². The van der Waals surface area contributed by atoms with Gasteiger partial charge in [-0.1, -0.05) is 31.4 Å². The van der Waals surface area contributed by atoms with Gasteiger partial charge in [0.15, 0.2) is 0 Å². The molecule has 19 heavy (non-hydrogen) atoms. The minimum Gasteiger partial charge on any atom is -0.507 e. The SMILES string of the molecule is O=C(NCC1(CO)CCCCC1)c1ccccc1O. The number of benzene rings is 1. The van der Waals surface area contributed by atoms with Gasteiger partial charge in [0, 0.05) is 12.0 Å². The van der Waals surface area contributed by atoms with Crippen LogP contribution in [0, 0.1) is 5.41 Å². The molecule has 1 aliphatic rings. The highest BCUT2D eigenvalue weighted by molar-refractivity contribution is 5.96. The number of carbonyl (C=O) groups is 1. The van der Waals surface area contributed by atoms with Crippen molar-refractivity contribution >= 4 is 5.91 Å². The Labute approximate surface area is 113 Å². The van der Waals surface area contributed by atoms with Gasteiger partial charge in [-0.05, 0) is 25.0 Å². The molecule has 4 nitrogen and oxygen atoms in total. The van der Waals surface area contributed by atoms with Gasteiger partial charge in [-0.2, -0.15) is 0 Å². The Kier molecular flexibility index (Phi) is 4.43. The Morgan fingerprint density at radius 3 is 2.53 bits per heavy atom. The van der Waals surface area contributed by atoms with E-state index in [2.05, 4.69) is 5.32 Å². The predicted molar refractivity (Wildman–Crippen MR) is 73.0 cm³/mol. The molecule has 0 atom stereocenters. The van der Waals surface area contributed by atoms with Crippen LogP contribution in [0.2, 0.25) is 0 Å². The van der Waals surface area contributed by atoms with Gasteiger partial charge in [0.25, 0.3) is 5.91 Å². The van der Waals surface area contributed by atoms with Crippen molar-refractivity contribution in [3.8, 4) is 5.75 Å². The molecule has 1 saturated carbocycles. The Hall–Kier alpha value is -1.55. The molecule has 0 heterocycles. The lowest BCUT2D eigenvalue weighted by molar-refractivity contribution is 0.0717. The highest BCUT2D eigenvalue weighted by Crippen LogP contribution is 2.35. The van der Waals surface area contributed by atoms with Crippen LogP contribution in [0.4, 0.5) is 0 Å². The van der Waals surface area contributed by atoms with E-state index < -0.39 is 0 Å². The molecule has 1 aromatic carbocycles. The highest BCUT2D eigenvalue weighted by Gasteiger charge is 2.31. The van der Waals surface area contributed by atoms with Crippen LogP contribution in [0.1, 0.15) is 42.5 Å². The second-order valence-electron chi connectivity index (χ2n) is 5.42. The second-order valence-corrected chi connectivity index (χ2v) is 5.42. The van der Waals surface area contributed by atoms with Crippen molar-refractivity contribution < 1.29 is 15.0 Å². The van der Waals surface area contributed by atoms with E-state index in [1.54, 1.807) is 18.2 Å². The number of hydrogen-bond acceptors (Lipinski definition) is 3. The van der Waals surface area contributed by atoms with Crippen LogP contribution in [-0.4, -0.2) is 29.3 Å². The fraction of sp³-hybridized carbons (Fsp3) is 0.533. The monoisotopic (exact) mass is 263 g/mol. The fourth-order valence-corrected chi connectivity index (χ4v) is 2.72. The normalized spacial score (nSPS) is 17.9. The fourth-order valence-electron chi connectivity index (χ4n) is 2.72. The molecule has 1 aliphatic carbocycles. The van der Waals surface area contributed by atoms with Gasteiger partial charge in [0.05, 0.1) is 12.2 Å². The van der Waals surface area contributed by atoms with Crippen molar-refractivity contribution in [1.29, 1.82) is 0 Å². The van der Waals surface area contributed by atoms with Gasteiger partial charge >= 0.3 is 0 Å². The Morgan fingerprint density at radius 1 is 1.21 bits per heavy atom. The summed E-state index contributed by atoms with van der Waals surface area (Å²) in [7, 11) is 0. The standard InChI is InChI=1S/C15H21NO3/c17-11-15(8-4-1-5-9-15)10-16-14(19)12-6-2-3-7-13(12)18/h2-3,6-7,17-18H,1,4-5,8-11H2,(H,16,19). The van der Waals surface area contributed by atoms with Crippen LogP contribution < -0.4 is 5.32 Å². The lowest BCUT2D eigenvalue weighted by Gasteiger charge is -2.35. The number of aliphatic hydroxyl groups is 1. The molecule has 0 saturated heterocycles. The average Bonchev–Trinajstić information content (AvgIpc) is 2.46. The second kappa shape index (κ2) is 6.06. The number of aromatic hydroxyl groups is 1. The summed E-state index contributed by atoms with van der Waals surface area (Å²) in [6.07, 6.45) is 5.31. The van der Waals surface area contributed by atoms with Crippen molar-refractivity contribution in [3.63, 3.8) is 0 Å². The first-order valence-electron chi connectivity index (χ1n) is 6.84. The molecular formula is C15H21NO3. The summed E-state index contributed by atoms with van der Waals surface area (Å²) in [5, 5.41) is 22.1. The highest BCUT2D eigenvalue weighted by atomic mass is 16.3. The van der Waals surface area contributed by atoms with Gasteiger partial charge in [-0.25, -0.2) is 0 Å². The summed E-state index contributed by atoms with van der Waals surface area (Å²) < 4.78 is 0. The molecule has 0 bridgehead atoms. The molecule has 0 radical (unpaired) electrons. The van der Waals surface area contributed by atoms with Crippen LogP contribution in [-0.2, 0) is 0 Å². The molecule has 0 spiro atoms. The summed E-state index contributed by atoms with van der Waals surface area (Å²) in [5.74, 6) is -0.293. The van der Waals surface area contributed by atoms with Crippen LogP contribution in [0.15, 0.2) is 24.3 Å². The summed E-state index contributed by atoms with van der Waals surface area (Å²) in [4.78, 5) is 12.0. The molecule has 4 heteroatoms. The van der Waals surface area contributed by atoms with E-state index in [1.807, 2.05) is 0 Å². The number of rotatable bonds is 4. The number of para-hydroxylation sites is 1. The molecule has 0 aromatic heterocycles. The minimum absolute atomic E-state index is 0.0123. The number of phenolic OH excluding ortho intramolecular Hbond substituents is 1. The van der Waals surface area contributed by atoms with E-state index in [1.165, 1.54) is 12.5 Å². The minimum atomic E-state index is -0.281. The van der Waals surface area contributed by atoms with Crippen molar-refractivity contribution in [2.75, 3.05) is 13.2 Å². The zero-order chi connectivity index (χ0) is 13.7. The molecule has 0 unspecified atom stereocenters. The molecule has 2 rings (SSSR count). The van der Waals surface area contributed by atoms with E-state index in [-0.39, 0.29) is 29.2 Å². The number of carbonyl (C=O) groups excluding carboxylic acids is 1. The van der Waals surface area contributed by atoms with Gasteiger partial charge < -0.3 is 15.5 Å². The predicted octanol–water partition coefficient (Wildman–Crippen LogP) is 2.06. The quantitative estimate of drug-likeness (QED) is 0.779. The van der Waals surface area contributed by atoms with Gasteiger partial charge in [-0.3, -0.25) is 4.79 Å². The van der Waals surface area contributed by atoms with Crippen molar-refractivity contribution in [3.05, 3.63) is 29.8 Å². The summed E-state index contributed by atoms with van der Waals surface area (Å²) in [6, 6.07) is 6.49. The van der Waals surface area contributed by atoms with Crippen LogP contribution in [0.3, 0.4) is 0 Å². The molecule has 3 N–H and O–H groups in total. The third-order valence-corrected chi connectivity index (χ3v) is 4.02. The maximum absolute atomic E-state index is 12.0. The third kappa shape index (κ3) is 3.26. The topological polar surface area (TPSA) is 69.6 Å². The number of nitrogens with one attached hydrogen (secondary N) is 1. The van der Waals surface area contributed by atoms with E-state index in [0.717, 1.165) is 25.7 Å². The molecule has 1 amide bonds. The Bertz CT molecular complexity index is 439. The van der Waals surface area contributed by atoms with Crippen LogP contribution in [0.5, 0.6) is 5.75 Å².